The van der Waals surface area contributed by atoms with Gasteiger partial charge in [0, 0.05) is 19.2 Å². The smallest absolute Gasteiger partial charge is 0.253 e. The minimum absolute atomic E-state index is 0.0367. The Bertz CT molecular complexity index is 625. The largest absolute Gasteiger partial charge is 0.490 e. The number of nitrogens with zero attached hydrogens (tertiary/aromatic N) is 1. The Balaban J connectivity index is 2.23. The Kier molecular flexibility index (Phi) is 5.62. The van der Waals surface area contributed by atoms with Crippen molar-refractivity contribution in [3.05, 3.63) is 29.3 Å². The maximum atomic E-state index is 12.6. The van der Waals surface area contributed by atoms with Crippen LogP contribution in [0, 0.1) is 0 Å². The highest BCUT2D eigenvalue weighted by Gasteiger charge is 2.24. The van der Waals surface area contributed by atoms with Crippen LogP contribution in [0.5, 0.6) is 11.5 Å². The van der Waals surface area contributed by atoms with E-state index in [4.69, 9.17) is 9.47 Å². The first-order chi connectivity index (χ1) is 11.1. The summed E-state index contributed by atoms with van der Waals surface area (Å²) >= 11 is 0. The predicted octanol–water partition coefficient (Wildman–Crippen LogP) is 1.46. The van der Waals surface area contributed by atoms with Crippen molar-refractivity contribution in [2.24, 2.45) is 0 Å². The highest BCUT2D eigenvalue weighted by molar-refractivity contribution is 6.00. The third-order valence-corrected chi connectivity index (χ3v) is 3.57. The molecule has 0 atom stereocenters. The summed E-state index contributed by atoms with van der Waals surface area (Å²) < 4.78 is 11.3. The van der Waals surface area contributed by atoms with Crippen LogP contribution in [0.1, 0.15) is 19.4 Å². The fourth-order valence-corrected chi connectivity index (χ4v) is 2.36. The summed E-state index contributed by atoms with van der Waals surface area (Å²) in [4.78, 5) is 25.6. The Morgan fingerprint density at radius 2 is 2.13 bits per heavy atom. The van der Waals surface area contributed by atoms with Crippen LogP contribution >= 0.6 is 0 Å². The summed E-state index contributed by atoms with van der Waals surface area (Å²) in [5.74, 6) is 0.936. The number of carbonyl (C=O) groups is 2. The van der Waals surface area contributed by atoms with Crippen molar-refractivity contribution >= 4 is 17.9 Å². The monoisotopic (exact) mass is 318 g/mol. The first-order valence-electron chi connectivity index (χ1n) is 7.69. The van der Waals surface area contributed by atoms with Crippen molar-refractivity contribution in [3.63, 3.8) is 0 Å². The molecule has 6 heteroatoms. The maximum absolute atomic E-state index is 12.6. The summed E-state index contributed by atoms with van der Waals surface area (Å²) in [5, 5.41) is 2.52. The van der Waals surface area contributed by atoms with Gasteiger partial charge in [-0.3, -0.25) is 9.59 Å². The second kappa shape index (κ2) is 7.67. The topological polar surface area (TPSA) is 67.9 Å². The number of hydrogen-bond acceptors (Lipinski definition) is 4. The summed E-state index contributed by atoms with van der Waals surface area (Å²) in [6.07, 6.45) is 1.80. The molecule has 2 rings (SSSR count). The van der Waals surface area contributed by atoms with E-state index in [0.717, 1.165) is 5.56 Å². The number of amides is 2. The molecule has 0 fully saturated rings. The summed E-state index contributed by atoms with van der Waals surface area (Å²) in [7, 11) is 1.55. The molecule has 1 aliphatic rings. The number of hydrogen-bond donors (Lipinski definition) is 1. The predicted molar refractivity (Wildman–Crippen MR) is 87.4 cm³/mol. The Labute approximate surface area is 136 Å². The summed E-state index contributed by atoms with van der Waals surface area (Å²) in [6.45, 7) is 4.95. The van der Waals surface area contributed by atoms with Gasteiger partial charge in [-0.25, -0.2) is 0 Å². The van der Waals surface area contributed by atoms with Crippen LogP contribution < -0.4 is 14.8 Å². The minimum atomic E-state index is -0.198. The quantitative estimate of drug-likeness (QED) is 0.862. The second-order valence-corrected chi connectivity index (χ2v) is 5.06. The fourth-order valence-electron chi connectivity index (χ4n) is 2.36. The van der Waals surface area contributed by atoms with Gasteiger partial charge in [-0.15, -0.1) is 0 Å². The third kappa shape index (κ3) is 3.83. The van der Waals surface area contributed by atoms with Gasteiger partial charge in [0.2, 0.25) is 5.91 Å². The van der Waals surface area contributed by atoms with Crippen molar-refractivity contribution < 1.29 is 19.1 Å². The molecule has 0 saturated heterocycles. The molecule has 0 spiro atoms. The van der Waals surface area contributed by atoms with Gasteiger partial charge in [-0.1, -0.05) is 12.1 Å². The standard InChI is InChI=1S/C17H22N2O4/c1-4-19(10-15(20)18-3)17(21)13-9-12-7-6-8-14(22-5-2)16(12)23-11-13/h6-9H,4-5,10-11H2,1-3H3,(H,18,20). The van der Waals surface area contributed by atoms with E-state index in [2.05, 4.69) is 5.32 Å². The molecule has 1 aliphatic heterocycles. The van der Waals surface area contributed by atoms with Gasteiger partial charge in [0.1, 0.15) is 6.61 Å². The molecular formula is C17H22N2O4. The van der Waals surface area contributed by atoms with E-state index in [-0.39, 0.29) is 25.0 Å². The first kappa shape index (κ1) is 16.9. The lowest BCUT2D eigenvalue weighted by molar-refractivity contribution is -0.133. The Hall–Kier alpha value is -2.50. The van der Waals surface area contributed by atoms with Crippen LogP contribution in [-0.4, -0.2) is 50.1 Å². The highest BCUT2D eigenvalue weighted by atomic mass is 16.5. The van der Waals surface area contributed by atoms with E-state index in [1.165, 1.54) is 4.90 Å². The van der Waals surface area contributed by atoms with E-state index >= 15 is 0 Å². The fraction of sp³-hybridized carbons (Fsp3) is 0.412. The van der Waals surface area contributed by atoms with Gasteiger partial charge in [0.15, 0.2) is 11.5 Å². The molecule has 1 aromatic rings. The van der Waals surface area contributed by atoms with E-state index in [1.807, 2.05) is 32.0 Å². The zero-order valence-corrected chi connectivity index (χ0v) is 13.7. The van der Waals surface area contributed by atoms with Crippen LogP contribution in [-0.2, 0) is 9.59 Å². The van der Waals surface area contributed by atoms with E-state index in [0.29, 0.717) is 30.2 Å². The SMILES string of the molecule is CCOc1cccc2c1OCC(C(=O)N(CC)CC(=O)NC)=C2. The molecule has 6 nitrogen and oxygen atoms in total. The van der Waals surface area contributed by atoms with Gasteiger partial charge >= 0.3 is 0 Å². The average molecular weight is 318 g/mol. The normalized spacial score (nSPS) is 12.6. The number of carbonyl (C=O) groups excluding carboxylic acids is 2. The van der Waals surface area contributed by atoms with Crippen LogP contribution in [0.3, 0.4) is 0 Å². The van der Waals surface area contributed by atoms with Crippen LogP contribution in [0.15, 0.2) is 23.8 Å². The molecule has 0 aliphatic carbocycles. The van der Waals surface area contributed by atoms with Crippen LogP contribution in [0.4, 0.5) is 0 Å². The first-order valence-corrected chi connectivity index (χ1v) is 7.69. The lowest BCUT2D eigenvalue weighted by Gasteiger charge is -2.25. The molecule has 0 aromatic heterocycles. The number of benzene rings is 1. The zero-order valence-electron chi connectivity index (χ0n) is 13.7. The molecule has 124 valence electrons. The van der Waals surface area contributed by atoms with E-state index in [9.17, 15) is 9.59 Å². The molecule has 0 unspecified atom stereocenters. The van der Waals surface area contributed by atoms with Crippen molar-refractivity contribution in [2.75, 3.05) is 33.4 Å². The third-order valence-electron chi connectivity index (χ3n) is 3.57. The Morgan fingerprint density at radius 1 is 1.35 bits per heavy atom. The summed E-state index contributed by atoms with van der Waals surface area (Å²) in [6, 6.07) is 5.57. The minimum Gasteiger partial charge on any atom is -0.490 e. The van der Waals surface area contributed by atoms with Crippen LogP contribution in [0.2, 0.25) is 0 Å². The average Bonchev–Trinajstić information content (AvgIpc) is 2.58. The highest BCUT2D eigenvalue weighted by Crippen LogP contribution is 2.36. The van der Waals surface area contributed by atoms with Crippen molar-refractivity contribution in [2.45, 2.75) is 13.8 Å². The van der Waals surface area contributed by atoms with Crippen molar-refractivity contribution in [1.29, 1.82) is 0 Å². The van der Waals surface area contributed by atoms with E-state index < -0.39 is 0 Å². The molecule has 0 bridgehead atoms. The molecule has 1 aromatic carbocycles. The molecule has 1 N–H and O–H groups in total. The number of nitrogens with one attached hydrogen (secondary N) is 1. The number of para-hydroxylation sites is 1. The number of rotatable bonds is 6. The lowest BCUT2D eigenvalue weighted by atomic mass is 10.1. The van der Waals surface area contributed by atoms with Gasteiger partial charge in [-0.05, 0) is 26.0 Å². The van der Waals surface area contributed by atoms with Crippen molar-refractivity contribution in [1.82, 2.24) is 10.2 Å². The second-order valence-electron chi connectivity index (χ2n) is 5.06. The molecular weight excluding hydrogens is 296 g/mol. The molecule has 2 amide bonds. The summed E-state index contributed by atoms with van der Waals surface area (Å²) in [5.41, 5.74) is 1.33. The number of fused-ring (bicyclic) bond motifs is 1. The molecule has 0 radical (unpaired) electrons. The Morgan fingerprint density at radius 3 is 2.78 bits per heavy atom. The lowest BCUT2D eigenvalue weighted by Crippen LogP contribution is -2.41. The molecule has 0 saturated carbocycles. The van der Waals surface area contributed by atoms with Gasteiger partial charge in [0.25, 0.3) is 5.91 Å². The van der Waals surface area contributed by atoms with Crippen LogP contribution in [0.25, 0.3) is 6.08 Å². The maximum Gasteiger partial charge on any atom is 0.253 e. The number of likely N-dealkylation sites (N-methyl/N-ethyl adjacent to an activating group) is 2. The molecule has 1 heterocycles. The number of ether oxygens (including phenoxy) is 2. The van der Waals surface area contributed by atoms with Gasteiger partial charge in [-0.2, -0.15) is 0 Å². The van der Waals surface area contributed by atoms with E-state index in [1.54, 1.807) is 13.1 Å². The zero-order chi connectivity index (χ0) is 16.8. The van der Waals surface area contributed by atoms with Crippen molar-refractivity contribution in [3.8, 4) is 11.5 Å². The van der Waals surface area contributed by atoms with Gasteiger partial charge < -0.3 is 19.7 Å². The molecule has 23 heavy (non-hydrogen) atoms. The van der Waals surface area contributed by atoms with Gasteiger partial charge in [0.05, 0.1) is 18.7 Å².